The standard InChI is InChI=1S/C29H30N4O3/c1-6-36-24-14-12-20(16-25(24)35-5)27-26(28(34)31-21-13-11-17(2)15-18(21)3)19(4)30-29-32-22-9-7-8-10-23(22)33(27)29/h7-16,27H,6H2,1-5H3,(H,30,32)(H,31,34)/t27-/m1/s1. The smallest absolute Gasteiger partial charge is 0.255 e. The highest BCUT2D eigenvalue weighted by molar-refractivity contribution is 6.06. The number of carbonyl (C=O) groups is 1. The summed E-state index contributed by atoms with van der Waals surface area (Å²) in [5, 5.41) is 6.51. The van der Waals surface area contributed by atoms with E-state index in [4.69, 9.17) is 14.5 Å². The van der Waals surface area contributed by atoms with Crippen LogP contribution in [0.2, 0.25) is 0 Å². The second-order valence-electron chi connectivity index (χ2n) is 8.98. The van der Waals surface area contributed by atoms with Gasteiger partial charge in [-0.3, -0.25) is 9.36 Å². The van der Waals surface area contributed by atoms with Gasteiger partial charge in [0.05, 0.1) is 36.4 Å². The molecule has 0 unspecified atom stereocenters. The summed E-state index contributed by atoms with van der Waals surface area (Å²) >= 11 is 0. The number of ether oxygens (including phenoxy) is 2. The molecule has 1 aliphatic heterocycles. The zero-order valence-electron chi connectivity index (χ0n) is 21.2. The number of anilines is 2. The van der Waals surface area contributed by atoms with Crippen LogP contribution >= 0.6 is 0 Å². The highest BCUT2D eigenvalue weighted by Crippen LogP contribution is 2.42. The predicted molar refractivity (Wildman–Crippen MR) is 143 cm³/mol. The first-order chi connectivity index (χ1) is 17.4. The fourth-order valence-electron chi connectivity index (χ4n) is 4.85. The van der Waals surface area contributed by atoms with Crippen LogP contribution in [0.1, 0.15) is 36.6 Å². The van der Waals surface area contributed by atoms with Gasteiger partial charge in [0.25, 0.3) is 5.91 Å². The van der Waals surface area contributed by atoms with Crippen LogP contribution in [-0.2, 0) is 4.79 Å². The van der Waals surface area contributed by atoms with Gasteiger partial charge in [0, 0.05) is 11.4 Å². The molecule has 184 valence electrons. The molecular formula is C29H30N4O3. The number of aromatic nitrogens is 2. The first-order valence-corrected chi connectivity index (χ1v) is 12.0. The van der Waals surface area contributed by atoms with E-state index < -0.39 is 6.04 Å². The maximum absolute atomic E-state index is 13.9. The summed E-state index contributed by atoms with van der Waals surface area (Å²) in [6.45, 7) is 8.42. The number of rotatable bonds is 6. The first kappa shape index (κ1) is 23.5. The first-order valence-electron chi connectivity index (χ1n) is 12.0. The molecule has 3 aromatic carbocycles. The number of carbonyl (C=O) groups excluding carboxylic acids is 1. The van der Waals surface area contributed by atoms with Crippen molar-refractivity contribution < 1.29 is 14.3 Å². The number of imidazole rings is 1. The van der Waals surface area contributed by atoms with Crippen LogP contribution in [0.15, 0.2) is 71.9 Å². The van der Waals surface area contributed by atoms with Crippen molar-refractivity contribution in [3.05, 3.63) is 88.6 Å². The molecule has 5 rings (SSSR count). The van der Waals surface area contributed by atoms with Crippen LogP contribution in [0.4, 0.5) is 11.6 Å². The summed E-state index contributed by atoms with van der Waals surface area (Å²) in [6.07, 6.45) is 0. The highest BCUT2D eigenvalue weighted by Gasteiger charge is 2.34. The van der Waals surface area contributed by atoms with Gasteiger partial charge in [-0.25, -0.2) is 4.98 Å². The molecule has 2 N–H and O–H groups in total. The maximum atomic E-state index is 13.9. The molecule has 0 bridgehead atoms. The number of aryl methyl sites for hydroxylation is 2. The van der Waals surface area contributed by atoms with Crippen molar-refractivity contribution in [3.63, 3.8) is 0 Å². The number of fused-ring (bicyclic) bond motifs is 3. The van der Waals surface area contributed by atoms with Gasteiger partial charge in [0.15, 0.2) is 11.5 Å². The molecule has 7 heteroatoms. The number of methoxy groups -OCH3 is 1. The second kappa shape index (κ2) is 9.41. The number of hydrogen-bond donors (Lipinski definition) is 2. The molecule has 0 aliphatic carbocycles. The van der Waals surface area contributed by atoms with E-state index in [0.717, 1.165) is 39.1 Å². The summed E-state index contributed by atoms with van der Waals surface area (Å²) in [6, 6.07) is 19.3. The Kier molecular flexibility index (Phi) is 6.14. The minimum absolute atomic E-state index is 0.173. The van der Waals surface area contributed by atoms with Crippen molar-refractivity contribution in [2.24, 2.45) is 0 Å². The third-order valence-electron chi connectivity index (χ3n) is 6.51. The van der Waals surface area contributed by atoms with E-state index in [1.54, 1.807) is 7.11 Å². The number of benzene rings is 3. The minimum atomic E-state index is -0.427. The quantitative estimate of drug-likeness (QED) is 0.353. The number of amides is 1. The van der Waals surface area contributed by atoms with Crippen molar-refractivity contribution >= 4 is 28.6 Å². The summed E-state index contributed by atoms with van der Waals surface area (Å²) in [5.74, 6) is 1.80. The minimum Gasteiger partial charge on any atom is -0.493 e. The van der Waals surface area contributed by atoms with Gasteiger partial charge in [0.1, 0.15) is 0 Å². The Morgan fingerprint density at radius 2 is 1.86 bits per heavy atom. The number of nitrogens with one attached hydrogen (secondary N) is 2. The highest BCUT2D eigenvalue weighted by atomic mass is 16.5. The zero-order valence-corrected chi connectivity index (χ0v) is 21.2. The molecule has 1 atom stereocenters. The van der Waals surface area contributed by atoms with Crippen molar-refractivity contribution in [1.82, 2.24) is 9.55 Å². The SMILES string of the molecule is CCOc1ccc([C@@H]2C(C(=O)Nc3ccc(C)cc3C)=C(C)Nc3nc4ccccc4n32)cc1OC. The molecule has 0 radical (unpaired) electrons. The third-order valence-corrected chi connectivity index (χ3v) is 6.51. The summed E-state index contributed by atoms with van der Waals surface area (Å²) in [4.78, 5) is 18.7. The summed E-state index contributed by atoms with van der Waals surface area (Å²) in [7, 11) is 1.62. The number of para-hydroxylation sites is 2. The maximum Gasteiger partial charge on any atom is 0.255 e. The lowest BCUT2D eigenvalue weighted by Crippen LogP contribution is -2.31. The Morgan fingerprint density at radius 3 is 2.61 bits per heavy atom. The predicted octanol–water partition coefficient (Wildman–Crippen LogP) is 5.99. The lowest BCUT2D eigenvalue weighted by Gasteiger charge is -2.31. The summed E-state index contributed by atoms with van der Waals surface area (Å²) in [5.41, 5.74) is 6.98. The Labute approximate surface area is 210 Å². The molecule has 4 aromatic rings. The summed E-state index contributed by atoms with van der Waals surface area (Å²) < 4.78 is 13.5. The van der Waals surface area contributed by atoms with E-state index in [9.17, 15) is 4.79 Å². The van der Waals surface area contributed by atoms with Crippen LogP contribution in [0.3, 0.4) is 0 Å². The van der Waals surface area contributed by atoms with E-state index in [1.165, 1.54) is 0 Å². The molecule has 36 heavy (non-hydrogen) atoms. The second-order valence-corrected chi connectivity index (χ2v) is 8.98. The average Bonchev–Trinajstić information content (AvgIpc) is 3.23. The van der Waals surface area contributed by atoms with Crippen LogP contribution in [0, 0.1) is 13.8 Å². The van der Waals surface area contributed by atoms with Gasteiger partial charge in [-0.1, -0.05) is 35.9 Å². The molecular weight excluding hydrogens is 452 g/mol. The lowest BCUT2D eigenvalue weighted by molar-refractivity contribution is -0.113. The van der Waals surface area contributed by atoms with Gasteiger partial charge in [-0.2, -0.15) is 0 Å². The topological polar surface area (TPSA) is 77.4 Å². The van der Waals surface area contributed by atoms with Crippen LogP contribution < -0.4 is 20.1 Å². The molecule has 1 aromatic heterocycles. The monoisotopic (exact) mass is 482 g/mol. The molecule has 0 saturated carbocycles. The Balaban J connectivity index is 1.67. The van der Waals surface area contributed by atoms with Crippen molar-refractivity contribution in [1.29, 1.82) is 0 Å². The van der Waals surface area contributed by atoms with E-state index in [1.807, 2.05) is 82.3 Å². The molecule has 0 saturated heterocycles. The molecule has 0 spiro atoms. The van der Waals surface area contributed by atoms with E-state index in [-0.39, 0.29) is 5.91 Å². The van der Waals surface area contributed by atoms with Crippen molar-refractivity contribution in [2.75, 3.05) is 24.4 Å². The van der Waals surface area contributed by atoms with Gasteiger partial charge in [-0.15, -0.1) is 0 Å². The Bertz CT molecular complexity index is 1500. The fraction of sp³-hybridized carbons (Fsp3) is 0.241. The Morgan fingerprint density at radius 1 is 1.06 bits per heavy atom. The van der Waals surface area contributed by atoms with Gasteiger partial charge in [0.2, 0.25) is 5.95 Å². The zero-order chi connectivity index (χ0) is 25.4. The van der Waals surface area contributed by atoms with E-state index >= 15 is 0 Å². The molecule has 1 aliphatic rings. The molecule has 0 fully saturated rings. The van der Waals surface area contributed by atoms with Crippen LogP contribution in [-0.4, -0.2) is 29.2 Å². The molecule has 1 amide bonds. The number of hydrogen-bond acceptors (Lipinski definition) is 5. The van der Waals surface area contributed by atoms with Crippen molar-refractivity contribution in [2.45, 2.75) is 33.7 Å². The van der Waals surface area contributed by atoms with Crippen LogP contribution in [0.5, 0.6) is 11.5 Å². The lowest BCUT2D eigenvalue weighted by atomic mass is 9.93. The Hall–Kier alpha value is -4.26. The molecule has 7 nitrogen and oxygen atoms in total. The van der Waals surface area contributed by atoms with Gasteiger partial charge in [-0.05, 0) is 69.2 Å². The fourth-order valence-corrected chi connectivity index (χ4v) is 4.85. The van der Waals surface area contributed by atoms with E-state index in [0.29, 0.717) is 29.6 Å². The average molecular weight is 483 g/mol. The third kappa shape index (κ3) is 4.06. The van der Waals surface area contributed by atoms with Gasteiger partial charge < -0.3 is 20.1 Å². The van der Waals surface area contributed by atoms with Crippen molar-refractivity contribution in [3.8, 4) is 11.5 Å². The molecule has 2 heterocycles. The number of allylic oxidation sites excluding steroid dienone is 1. The number of nitrogens with zero attached hydrogens (tertiary/aromatic N) is 2. The largest absolute Gasteiger partial charge is 0.493 e. The van der Waals surface area contributed by atoms with Crippen LogP contribution in [0.25, 0.3) is 11.0 Å². The van der Waals surface area contributed by atoms with E-state index in [2.05, 4.69) is 21.3 Å². The van der Waals surface area contributed by atoms with Gasteiger partial charge >= 0.3 is 0 Å². The normalized spacial score (nSPS) is 14.9.